The summed E-state index contributed by atoms with van der Waals surface area (Å²) in [6, 6.07) is 6.46. The van der Waals surface area contributed by atoms with Gasteiger partial charge in [-0.15, -0.1) is 0 Å². The molecule has 0 spiro atoms. The van der Waals surface area contributed by atoms with Crippen LogP contribution in [0.3, 0.4) is 0 Å². The van der Waals surface area contributed by atoms with Gasteiger partial charge in [0.25, 0.3) is 0 Å². The standard InChI is InChI=1S/C13H22N2O3S/c1-10(2)18-8-7-15-19(16,17)13-6-4-5-12(9-13)11(3)14/h4-6,9-11,15H,7-8,14H2,1-3H3. The molecule has 0 heterocycles. The summed E-state index contributed by atoms with van der Waals surface area (Å²) in [5.41, 5.74) is 6.54. The van der Waals surface area contributed by atoms with Crippen LogP contribution in [0.2, 0.25) is 0 Å². The smallest absolute Gasteiger partial charge is 0.240 e. The number of hydrogen-bond donors (Lipinski definition) is 2. The number of rotatable bonds is 7. The lowest BCUT2D eigenvalue weighted by Gasteiger charge is -2.11. The number of nitrogens with one attached hydrogen (secondary N) is 1. The van der Waals surface area contributed by atoms with Crippen molar-refractivity contribution in [1.29, 1.82) is 0 Å². The molecule has 1 rings (SSSR count). The SMILES string of the molecule is CC(C)OCCNS(=O)(=O)c1cccc(C(C)N)c1. The van der Waals surface area contributed by atoms with E-state index in [1.54, 1.807) is 18.2 Å². The van der Waals surface area contributed by atoms with Crippen LogP contribution < -0.4 is 10.5 Å². The zero-order chi connectivity index (χ0) is 14.5. The fraction of sp³-hybridized carbons (Fsp3) is 0.538. The normalized spacial score (nSPS) is 13.7. The molecule has 0 saturated carbocycles. The Morgan fingerprint density at radius 2 is 2.00 bits per heavy atom. The Morgan fingerprint density at radius 1 is 1.32 bits per heavy atom. The van der Waals surface area contributed by atoms with E-state index < -0.39 is 10.0 Å². The van der Waals surface area contributed by atoms with Gasteiger partial charge in [-0.2, -0.15) is 0 Å². The summed E-state index contributed by atoms with van der Waals surface area (Å²) in [7, 11) is -3.50. The molecule has 3 N–H and O–H groups in total. The molecule has 0 fully saturated rings. The first kappa shape index (κ1) is 16.1. The summed E-state index contributed by atoms with van der Waals surface area (Å²) in [6.45, 7) is 6.23. The van der Waals surface area contributed by atoms with Gasteiger partial charge in [0, 0.05) is 12.6 Å². The van der Waals surface area contributed by atoms with Gasteiger partial charge in [-0.3, -0.25) is 0 Å². The Bertz CT molecular complexity index is 498. The Morgan fingerprint density at radius 3 is 2.58 bits per heavy atom. The van der Waals surface area contributed by atoms with E-state index in [1.165, 1.54) is 0 Å². The second kappa shape index (κ2) is 7.00. The van der Waals surface area contributed by atoms with Crippen LogP contribution >= 0.6 is 0 Å². The molecule has 1 unspecified atom stereocenters. The Kier molecular flexibility index (Phi) is 5.93. The Labute approximate surface area is 115 Å². The summed E-state index contributed by atoms with van der Waals surface area (Å²) in [5, 5.41) is 0. The third kappa shape index (κ3) is 5.28. The van der Waals surface area contributed by atoms with Gasteiger partial charge in [0.05, 0.1) is 17.6 Å². The van der Waals surface area contributed by atoms with Crippen LogP contribution in [0.4, 0.5) is 0 Å². The van der Waals surface area contributed by atoms with E-state index in [1.807, 2.05) is 26.8 Å². The van der Waals surface area contributed by atoms with Crippen molar-refractivity contribution < 1.29 is 13.2 Å². The van der Waals surface area contributed by atoms with Crippen LogP contribution in [0.1, 0.15) is 32.4 Å². The average molecular weight is 286 g/mol. The molecule has 0 aliphatic heterocycles. The van der Waals surface area contributed by atoms with Crippen molar-refractivity contribution in [2.24, 2.45) is 5.73 Å². The third-order valence-electron chi connectivity index (χ3n) is 2.54. The molecular weight excluding hydrogens is 264 g/mol. The van der Waals surface area contributed by atoms with Crippen molar-refractivity contribution in [3.05, 3.63) is 29.8 Å². The molecule has 0 aliphatic carbocycles. The van der Waals surface area contributed by atoms with Crippen molar-refractivity contribution in [2.75, 3.05) is 13.2 Å². The van der Waals surface area contributed by atoms with Gasteiger partial charge in [-0.1, -0.05) is 12.1 Å². The quantitative estimate of drug-likeness (QED) is 0.743. The second-order valence-corrected chi connectivity index (χ2v) is 6.45. The van der Waals surface area contributed by atoms with Crippen molar-refractivity contribution in [1.82, 2.24) is 4.72 Å². The molecule has 0 amide bonds. The molecule has 108 valence electrons. The zero-order valence-corrected chi connectivity index (χ0v) is 12.4. The molecule has 19 heavy (non-hydrogen) atoms. The Balaban J connectivity index is 2.69. The lowest BCUT2D eigenvalue weighted by molar-refractivity contribution is 0.0834. The van der Waals surface area contributed by atoms with Gasteiger partial charge < -0.3 is 10.5 Å². The summed E-state index contributed by atoms with van der Waals surface area (Å²) in [4.78, 5) is 0.229. The number of sulfonamides is 1. The van der Waals surface area contributed by atoms with Crippen LogP contribution in [0, 0.1) is 0 Å². The largest absolute Gasteiger partial charge is 0.377 e. The number of benzene rings is 1. The fourth-order valence-corrected chi connectivity index (χ4v) is 2.59. The third-order valence-corrected chi connectivity index (χ3v) is 4.00. The minimum Gasteiger partial charge on any atom is -0.377 e. The zero-order valence-electron chi connectivity index (χ0n) is 11.6. The highest BCUT2D eigenvalue weighted by Gasteiger charge is 2.14. The number of nitrogens with two attached hydrogens (primary N) is 1. The van der Waals surface area contributed by atoms with Gasteiger partial charge in [0.1, 0.15) is 0 Å². The minimum absolute atomic E-state index is 0.0888. The van der Waals surface area contributed by atoms with E-state index in [9.17, 15) is 8.42 Å². The molecule has 0 saturated heterocycles. The first-order valence-corrected chi connectivity index (χ1v) is 7.78. The van der Waals surface area contributed by atoms with E-state index in [-0.39, 0.29) is 23.6 Å². The van der Waals surface area contributed by atoms with Crippen molar-refractivity contribution in [3.63, 3.8) is 0 Å². The minimum atomic E-state index is -3.50. The summed E-state index contributed by atoms with van der Waals surface area (Å²) in [5.74, 6) is 0. The van der Waals surface area contributed by atoms with Crippen molar-refractivity contribution in [3.8, 4) is 0 Å². The van der Waals surface area contributed by atoms with E-state index in [0.29, 0.717) is 6.61 Å². The number of hydrogen-bond acceptors (Lipinski definition) is 4. The first-order valence-electron chi connectivity index (χ1n) is 6.29. The number of ether oxygens (including phenoxy) is 1. The predicted molar refractivity (Wildman–Crippen MR) is 75.3 cm³/mol. The molecule has 1 aromatic rings. The van der Waals surface area contributed by atoms with Gasteiger partial charge in [-0.05, 0) is 38.5 Å². The monoisotopic (exact) mass is 286 g/mol. The Hall–Kier alpha value is -0.950. The molecule has 1 aromatic carbocycles. The van der Waals surface area contributed by atoms with E-state index >= 15 is 0 Å². The highest BCUT2D eigenvalue weighted by Crippen LogP contribution is 2.15. The lowest BCUT2D eigenvalue weighted by atomic mass is 10.1. The maximum Gasteiger partial charge on any atom is 0.240 e. The molecule has 0 bridgehead atoms. The molecule has 5 nitrogen and oxygen atoms in total. The van der Waals surface area contributed by atoms with Gasteiger partial charge in [-0.25, -0.2) is 13.1 Å². The van der Waals surface area contributed by atoms with Crippen LogP contribution in [0.25, 0.3) is 0 Å². The van der Waals surface area contributed by atoms with Crippen LogP contribution in [-0.4, -0.2) is 27.7 Å². The lowest BCUT2D eigenvalue weighted by Crippen LogP contribution is -2.28. The molecule has 0 aliphatic rings. The average Bonchev–Trinajstić information content (AvgIpc) is 2.34. The van der Waals surface area contributed by atoms with E-state index in [2.05, 4.69) is 4.72 Å². The maximum absolute atomic E-state index is 12.0. The molecule has 1 atom stereocenters. The predicted octanol–water partition coefficient (Wildman–Crippen LogP) is 1.41. The highest BCUT2D eigenvalue weighted by atomic mass is 32.2. The van der Waals surface area contributed by atoms with E-state index in [4.69, 9.17) is 10.5 Å². The van der Waals surface area contributed by atoms with Crippen LogP contribution in [-0.2, 0) is 14.8 Å². The summed E-state index contributed by atoms with van der Waals surface area (Å²) >= 11 is 0. The molecule has 0 aromatic heterocycles. The van der Waals surface area contributed by atoms with Crippen LogP contribution in [0.15, 0.2) is 29.2 Å². The van der Waals surface area contributed by atoms with E-state index in [0.717, 1.165) is 5.56 Å². The van der Waals surface area contributed by atoms with Crippen LogP contribution in [0.5, 0.6) is 0 Å². The van der Waals surface area contributed by atoms with Crippen molar-refractivity contribution >= 4 is 10.0 Å². The topological polar surface area (TPSA) is 81.4 Å². The fourth-order valence-electron chi connectivity index (χ4n) is 1.52. The van der Waals surface area contributed by atoms with Crippen molar-refractivity contribution in [2.45, 2.75) is 37.8 Å². The molecule has 6 heteroatoms. The van der Waals surface area contributed by atoms with Gasteiger partial charge >= 0.3 is 0 Å². The van der Waals surface area contributed by atoms with Gasteiger partial charge in [0.15, 0.2) is 0 Å². The molecule has 0 radical (unpaired) electrons. The second-order valence-electron chi connectivity index (χ2n) is 4.68. The summed E-state index contributed by atoms with van der Waals surface area (Å²) in [6.07, 6.45) is 0.0888. The first-order chi connectivity index (χ1) is 8.83. The highest BCUT2D eigenvalue weighted by molar-refractivity contribution is 7.89. The maximum atomic E-state index is 12.0. The molecular formula is C13H22N2O3S. The summed E-state index contributed by atoms with van der Waals surface area (Å²) < 4.78 is 31.9. The van der Waals surface area contributed by atoms with Gasteiger partial charge in [0.2, 0.25) is 10.0 Å².